The van der Waals surface area contributed by atoms with Crippen LogP contribution in [-0.4, -0.2) is 18.0 Å². The Morgan fingerprint density at radius 3 is 2.57 bits per heavy atom. The van der Waals surface area contributed by atoms with Crippen LogP contribution in [0, 0.1) is 0 Å². The van der Waals surface area contributed by atoms with Crippen molar-refractivity contribution in [3.8, 4) is 0 Å². The first-order chi connectivity index (χ1) is 9.73. The number of nitrogens with one attached hydrogen (secondary N) is 1. The number of rotatable bonds is 3. The minimum Gasteiger partial charge on any atom is -0.464 e. The van der Waals surface area contributed by atoms with Crippen molar-refractivity contribution in [2.45, 2.75) is 38.8 Å². The predicted octanol–water partition coefficient (Wildman–Crippen LogP) is 3.37. The molecule has 21 heavy (non-hydrogen) atoms. The van der Waals surface area contributed by atoms with E-state index < -0.39 is 17.2 Å². The van der Waals surface area contributed by atoms with E-state index in [9.17, 15) is 9.59 Å². The average molecular weight is 289 g/mol. The first-order valence-electron chi connectivity index (χ1n) is 6.69. The van der Waals surface area contributed by atoms with Gasteiger partial charge in [-0.1, -0.05) is 6.07 Å². The van der Waals surface area contributed by atoms with Gasteiger partial charge in [0.05, 0.1) is 6.26 Å². The van der Waals surface area contributed by atoms with Crippen molar-refractivity contribution in [1.82, 2.24) is 5.32 Å². The Balaban J connectivity index is 2.27. The van der Waals surface area contributed by atoms with E-state index in [2.05, 4.69) is 5.32 Å². The Morgan fingerprint density at radius 2 is 1.95 bits per heavy atom. The van der Waals surface area contributed by atoms with Crippen LogP contribution in [-0.2, 0) is 15.1 Å². The van der Waals surface area contributed by atoms with E-state index in [1.54, 1.807) is 52.2 Å². The normalized spacial score (nSPS) is 14.5. The zero-order chi connectivity index (χ0) is 15.7. The number of hydrogen-bond donors (Lipinski definition) is 1. The summed E-state index contributed by atoms with van der Waals surface area (Å²) in [5.41, 5.74) is -0.391. The number of furan rings is 1. The van der Waals surface area contributed by atoms with Gasteiger partial charge in [0.15, 0.2) is 0 Å². The lowest BCUT2D eigenvalue weighted by Crippen LogP contribution is -2.46. The molecule has 0 spiro atoms. The maximum atomic E-state index is 11.9. The van der Waals surface area contributed by atoms with Gasteiger partial charge in [-0.25, -0.2) is 4.79 Å². The molecular formula is C16H19NO4. The third-order valence-electron chi connectivity index (χ3n) is 3.05. The number of fused-ring (bicyclic) bond motifs is 1. The number of carbonyl (C=O) groups excluding carboxylic acids is 2. The average Bonchev–Trinajstić information content (AvgIpc) is 2.83. The summed E-state index contributed by atoms with van der Waals surface area (Å²) < 4.78 is 10.5. The van der Waals surface area contributed by atoms with Gasteiger partial charge in [0.2, 0.25) is 0 Å². The maximum Gasteiger partial charge on any atom is 0.408 e. The highest BCUT2D eigenvalue weighted by Crippen LogP contribution is 2.24. The molecule has 112 valence electrons. The molecule has 1 amide bonds. The Labute approximate surface area is 123 Å². The standard InChI is InChI=1S/C16H19NO4/c1-15(2,3)21-14(19)17-16(4,10-18)12-5-6-13-11(9-12)7-8-20-13/h5-10H,1-4H3,(H,17,19). The van der Waals surface area contributed by atoms with Crippen molar-refractivity contribution >= 4 is 23.3 Å². The smallest absolute Gasteiger partial charge is 0.408 e. The lowest BCUT2D eigenvalue weighted by Gasteiger charge is -2.27. The first-order valence-corrected chi connectivity index (χ1v) is 6.69. The Morgan fingerprint density at radius 1 is 1.24 bits per heavy atom. The van der Waals surface area contributed by atoms with E-state index in [1.165, 1.54) is 0 Å². The summed E-state index contributed by atoms with van der Waals surface area (Å²) in [4.78, 5) is 23.4. The van der Waals surface area contributed by atoms with Crippen LogP contribution in [0.3, 0.4) is 0 Å². The lowest BCUT2D eigenvalue weighted by atomic mass is 9.93. The van der Waals surface area contributed by atoms with Gasteiger partial charge in [0.25, 0.3) is 0 Å². The van der Waals surface area contributed by atoms with Crippen LogP contribution in [0.25, 0.3) is 11.0 Å². The van der Waals surface area contributed by atoms with Gasteiger partial charge in [0.1, 0.15) is 23.0 Å². The molecule has 0 saturated carbocycles. The Bertz CT molecular complexity index is 668. The SMILES string of the molecule is CC(C)(C)OC(=O)NC(C)(C=O)c1ccc2occc2c1. The largest absolute Gasteiger partial charge is 0.464 e. The third kappa shape index (κ3) is 3.42. The molecule has 5 heteroatoms. The molecule has 0 fully saturated rings. The number of hydrogen-bond acceptors (Lipinski definition) is 4. The Hall–Kier alpha value is -2.30. The number of aldehydes is 1. The molecule has 1 aromatic heterocycles. The molecule has 1 atom stereocenters. The van der Waals surface area contributed by atoms with Gasteiger partial charge >= 0.3 is 6.09 Å². The lowest BCUT2D eigenvalue weighted by molar-refractivity contribution is -0.113. The summed E-state index contributed by atoms with van der Waals surface area (Å²) in [6, 6.07) is 7.13. The topological polar surface area (TPSA) is 68.5 Å². The monoisotopic (exact) mass is 289 g/mol. The highest BCUT2D eigenvalue weighted by atomic mass is 16.6. The molecule has 5 nitrogen and oxygen atoms in total. The summed E-state index contributed by atoms with van der Waals surface area (Å²) >= 11 is 0. The minimum atomic E-state index is -1.16. The predicted molar refractivity (Wildman–Crippen MR) is 79.0 cm³/mol. The molecule has 1 N–H and O–H groups in total. The summed E-state index contributed by atoms with van der Waals surface area (Å²) in [7, 11) is 0. The van der Waals surface area contributed by atoms with Crippen LogP contribution in [0.1, 0.15) is 33.3 Å². The van der Waals surface area contributed by atoms with Crippen molar-refractivity contribution in [2.24, 2.45) is 0 Å². The second-order valence-corrected chi connectivity index (χ2v) is 6.12. The van der Waals surface area contributed by atoms with Gasteiger partial charge in [-0.2, -0.15) is 0 Å². The number of alkyl carbamates (subject to hydrolysis) is 1. The van der Waals surface area contributed by atoms with E-state index >= 15 is 0 Å². The van der Waals surface area contributed by atoms with Crippen LogP contribution < -0.4 is 5.32 Å². The molecule has 0 aliphatic carbocycles. The van der Waals surface area contributed by atoms with Crippen LogP contribution in [0.4, 0.5) is 4.79 Å². The number of benzene rings is 1. The number of carbonyl (C=O) groups is 2. The Kier molecular flexibility index (Phi) is 3.77. The fraction of sp³-hybridized carbons (Fsp3) is 0.375. The van der Waals surface area contributed by atoms with E-state index in [0.29, 0.717) is 11.8 Å². The highest BCUT2D eigenvalue weighted by Gasteiger charge is 2.30. The molecule has 1 heterocycles. The van der Waals surface area contributed by atoms with E-state index in [1.807, 2.05) is 6.07 Å². The summed E-state index contributed by atoms with van der Waals surface area (Å²) in [5.74, 6) is 0. The molecule has 2 rings (SSSR count). The second kappa shape index (κ2) is 5.24. The van der Waals surface area contributed by atoms with Crippen LogP contribution in [0.2, 0.25) is 0 Å². The maximum absolute atomic E-state index is 11.9. The first kappa shape index (κ1) is 15.1. The molecule has 2 aromatic rings. The van der Waals surface area contributed by atoms with Gasteiger partial charge in [0, 0.05) is 5.39 Å². The van der Waals surface area contributed by atoms with Crippen LogP contribution >= 0.6 is 0 Å². The van der Waals surface area contributed by atoms with E-state index in [4.69, 9.17) is 9.15 Å². The van der Waals surface area contributed by atoms with Crippen LogP contribution in [0.15, 0.2) is 34.9 Å². The molecule has 0 saturated heterocycles. The summed E-state index contributed by atoms with van der Waals surface area (Å²) in [5, 5.41) is 3.48. The van der Waals surface area contributed by atoms with Gasteiger partial charge in [-0.3, -0.25) is 0 Å². The fourth-order valence-corrected chi connectivity index (χ4v) is 1.97. The van der Waals surface area contributed by atoms with Gasteiger partial charge < -0.3 is 19.3 Å². The zero-order valence-corrected chi connectivity index (χ0v) is 12.6. The van der Waals surface area contributed by atoms with Gasteiger partial charge in [-0.15, -0.1) is 0 Å². The third-order valence-corrected chi connectivity index (χ3v) is 3.05. The number of amides is 1. The van der Waals surface area contributed by atoms with Crippen molar-refractivity contribution < 1.29 is 18.7 Å². The van der Waals surface area contributed by atoms with E-state index in [0.717, 1.165) is 11.0 Å². The van der Waals surface area contributed by atoms with Crippen LogP contribution in [0.5, 0.6) is 0 Å². The van der Waals surface area contributed by atoms with Crippen molar-refractivity contribution in [2.75, 3.05) is 0 Å². The summed E-state index contributed by atoms with van der Waals surface area (Å²) in [6.07, 6.45) is 1.64. The minimum absolute atomic E-state index is 0.623. The molecule has 1 aromatic carbocycles. The molecule has 0 radical (unpaired) electrons. The second-order valence-electron chi connectivity index (χ2n) is 6.12. The van der Waals surface area contributed by atoms with E-state index in [-0.39, 0.29) is 0 Å². The molecule has 0 aliphatic rings. The quantitative estimate of drug-likeness (QED) is 0.880. The van der Waals surface area contributed by atoms with Crippen molar-refractivity contribution in [3.63, 3.8) is 0 Å². The van der Waals surface area contributed by atoms with Crippen molar-refractivity contribution in [1.29, 1.82) is 0 Å². The van der Waals surface area contributed by atoms with Gasteiger partial charge in [-0.05, 0) is 51.5 Å². The molecule has 1 unspecified atom stereocenters. The molecule has 0 aliphatic heterocycles. The number of ether oxygens (including phenoxy) is 1. The highest BCUT2D eigenvalue weighted by molar-refractivity contribution is 5.82. The molecule has 0 bridgehead atoms. The van der Waals surface area contributed by atoms with Crippen molar-refractivity contribution in [3.05, 3.63) is 36.1 Å². The fourth-order valence-electron chi connectivity index (χ4n) is 1.97. The summed E-state index contributed by atoms with van der Waals surface area (Å²) in [6.45, 7) is 6.93. The molecular weight excluding hydrogens is 270 g/mol. The zero-order valence-electron chi connectivity index (χ0n) is 12.6.